The molecule has 0 bridgehead atoms. The summed E-state index contributed by atoms with van der Waals surface area (Å²) in [5, 5.41) is 3.10. The Hall–Kier alpha value is -1.20. The predicted molar refractivity (Wildman–Crippen MR) is 63.6 cm³/mol. The van der Waals surface area contributed by atoms with Gasteiger partial charge in [-0.05, 0) is 25.6 Å². The lowest BCUT2D eigenvalue weighted by molar-refractivity contribution is 0.160. The van der Waals surface area contributed by atoms with Crippen LogP contribution < -0.4 is 10.1 Å². The van der Waals surface area contributed by atoms with Crippen LogP contribution in [0.4, 0.5) is 8.78 Å². The van der Waals surface area contributed by atoms with Crippen LogP contribution in [0, 0.1) is 17.6 Å². The highest BCUT2D eigenvalue weighted by Crippen LogP contribution is 2.23. The largest absolute Gasteiger partial charge is 0.486 e. The van der Waals surface area contributed by atoms with E-state index in [1.54, 1.807) is 0 Å². The van der Waals surface area contributed by atoms with Crippen LogP contribution >= 0.6 is 0 Å². The number of halogens is 2. The van der Waals surface area contributed by atoms with Crippen molar-refractivity contribution >= 4 is 0 Å². The molecule has 100 valence electrons. The van der Waals surface area contributed by atoms with E-state index >= 15 is 0 Å². The Morgan fingerprint density at radius 2 is 2.17 bits per heavy atom. The van der Waals surface area contributed by atoms with Gasteiger partial charge >= 0.3 is 0 Å². The molecule has 2 rings (SSSR count). The molecule has 0 aliphatic carbocycles. The molecule has 1 aliphatic heterocycles. The lowest BCUT2D eigenvalue weighted by Crippen LogP contribution is -2.39. The van der Waals surface area contributed by atoms with E-state index in [0.717, 1.165) is 13.0 Å². The predicted octanol–water partition coefficient (Wildman–Crippen LogP) is 1.97. The first kappa shape index (κ1) is 13.2. The maximum absolute atomic E-state index is 13.4. The van der Waals surface area contributed by atoms with Gasteiger partial charge in [-0.1, -0.05) is 6.07 Å². The summed E-state index contributed by atoms with van der Waals surface area (Å²) in [7, 11) is 1.81. The highest BCUT2D eigenvalue weighted by atomic mass is 19.1. The van der Waals surface area contributed by atoms with Crippen LogP contribution in [0.3, 0.4) is 0 Å². The second-order valence-corrected chi connectivity index (χ2v) is 4.38. The average molecular weight is 257 g/mol. The fourth-order valence-corrected chi connectivity index (χ4v) is 2.12. The maximum Gasteiger partial charge on any atom is 0.190 e. The van der Waals surface area contributed by atoms with Gasteiger partial charge in [-0.3, -0.25) is 0 Å². The lowest BCUT2D eigenvalue weighted by Gasteiger charge is -2.22. The fraction of sp³-hybridized carbons (Fsp3) is 0.538. The first-order valence-corrected chi connectivity index (χ1v) is 6.04. The highest BCUT2D eigenvalue weighted by molar-refractivity contribution is 5.26. The molecule has 18 heavy (non-hydrogen) atoms. The minimum absolute atomic E-state index is 0.0338. The number of rotatable bonds is 5. The van der Waals surface area contributed by atoms with Crippen molar-refractivity contribution in [2.45, 2.75) is 12.5 Å². The summed E-state index contributed by atoms with van der Waals surface area (Å²) in [5.74, 6) is -1.33. The monoisotopic (exact) mass is 257 g/mol. The molecule has 3 nitrogen and oxygen atoms in total. The average Bonchev–Trinajstić information content (AvgIpc) is 2.87. The zero-order valence-electron chi connectivity index (χ0n) is 10.3. The minimum atomic E-state index is -0.674. The zero-order valence-corrected chi connectivity index (χ0v) is 10.3. The van der Waals surface area contributed by atoms with E-state index in [-0.39, 0.29) is 18.4 Å². The van der Waals surface area contributed by atoms with Crippen molar-refractivity contribution in [3.8, 4) is 5.75 Å². The summed E-state index contributed by atoms with van der Waals surface area (Å²) in [5.41, 5.74) is 0. The van der Waals surface area contributed by atoms with Crippen LogP contribution in [0.2, 0.25) is 0 Å². The van der Waals surface area contributed by atoms with Crippen molar-refractivity contribution in [3.63, 3.8) is 0 Å². The maximum atomic E-state index is 13.4. The third kappa shape index (κ3) is 2.97. The first-order valence-electron chi connectivity index (χ1n) is 6.04. The van der Waals surface area contributed by atoms with Gasteiger partial charge in [0.1, 0.15) is 6.61 Å². The van der Waals surface area contributed by atoms with Crippen molar-refractivity contribution in [1.29, 1.82) is 0 Å². The van der Waals surface area contributed by atoms with Crippen LogP contribution in [0.25, 0.3) is 0 Å². The van der Waals surface area contributed by atoms with Crippen LogP contribution in [-0.4, -0.2) is 32.9 Å². The number of hydrogen-bond acceptors (Lipinski definition) is 3. The van der Waals surface area contributed by atoms with Gasteiger partial charge in [-0.2, -0.15) is 0 Å². The van der Waals surface area contributed by atoms with Gasteiger partial charge < -0.3 is 14.8 Å². The summed E-state index contributed by atoms with van der Waals surface area (Å²) in [6.07, 6.45) is 0.939. The summed E-state index contributed by atoms with van der Waals surface area (Å²) < 4.78 is 37.3. The van der Waals surface area contributed by atoms with E-state index in [4.69, 9.17) is 9.47 Å². The van der Waals surface area contributed by atoms with Gasteiger partial charge in [0.15, 0.2) is 17.4 Å². The van der Waals surface area contributed by atoms with E-state index in [2.05, 4.69) is 5.32 Å². The molecule has 1 fully saturated rings. The number of para-hydroxylation sites is 1. The van der Waals surface area contributed by atoms with E-state index in [1.807, 2.05) is 7.05 Å². The molecular weight excluding hydrogens is 240 g/mol. The molecule has 1 N–H and O–H groups in total. The SMILES string of the molecule is CNC(COc1c(F)cccc1F)C1CCOC1. The third-order valence-electron chi connectivity index (χ3n) is 3.23. The summed E-state index contributed by atoms with van der Waals surface area (Å²) >= 11 is 0. The van der Waals surface area contributed by atoms with Crippen molar-refractivity contribution in [2.75, 3.05) is 26.9 Å². The van der Waals surface area contributed by atoms with Gasteiger partial charge in [0.25, 0.3) is 0 Å². The van der Waals surface area contributed by atoms with Crippen molar-refractivity contribution in [2.24, 2.45) is 5.92 Å². The molecule has 1 saturated heterocycles. The van der Waals surface area contributed by atoms with E-state index < -0.39 is 11.6 Å². The number of benzene rings is 1. The fourth-order valence-electron chi connectivity index (χ4n) is 2.12. The molecule has 0 aromatic heterocycles. The van der Waals surface area contributed by atoms with Crippen molar-refractivity contribution in [1.82, 2.24) is 5.32 Å². The lowest BCUT2D eigenvalue weighted by atomic mass is 10.00. The molecule has 1 heterocycles. The van der Waals surface area contributed by atoms with Crippen LogP contribution in [0.1, 0.15) is 6.42 Å². The Bertz CT molecular complexity index is 374. The second-order valence-electron chi connectivity index (χ2n) is 4.38. The van der Waals surface area contributed by atoms with Gasteiger partial charge in [0.05, 0.1) is 6.61 Å². The highest BCUT2D eigenvalue weighted by Gasteiger charge is 2.25. The molecule has 2 atom stereocenters. The smallest absolute Gasteiger partial charge is 0.190 e. The molecule has 1 aliphatic rings. The van der Waals surface area contributed by atoms with Gasteiger partial charge in [-0.15, -0.1) is 0 Å². The molecule has 1 aromatic rings. The zero-order chi connectivity index (χ0) is 13.0. The molecule has 5 heteroatoms. The molecule has 0 saturated carbocycles. The number of nitrogens with one attached hydrogen (secondary N) is 1. The molecule has 0 spiro atoms. The van der Waals surface area contributed by atoms with Crippen molar-refractivity contribution in [3.05, 3.63) is 29.8 Å². The van der Waals surface area contributed by atoms with E-state index in [9.17, 15) is 8.78 Å². The Balaban J connectivity index is 1.97. The molecule has 2 unspecified atom stereocenters. The van der Waals surface area contributed by atoms with E-state index in [0.29, 0.717) is 12.5 Å². The number of hydrogen-bond donors (Lipinski definition) is 1. The third-order valence-corrected chi connectivity index (χ3v) is 3.23. The first-order chi connectivity index (χ1) is 8.72. The normalized spacial score (nSPS) is 20.9. The second kappa shape index (κ2) is 6.11. The van der Waals surface area contributed by atoms with Crippen LogP contribution in [0.15, 0.2) is 18.2 Å². The summed E-state index contributed by atoms with van der Waals surface area (Å²) in [6.45, 7) is 1.62. The van der Waals surface area contributed by atoms with Crippen LogP contribution in [0.5, 0.6) is 5.75 Å². The Kier molecular flexibility index (Phi) is 4.49. The quantitative estimate of drug-likeness (QED) is 0.874. The standard InChI is InChI=1S/C13H17F2NO2/c1-16-12(9-5-6-17-7-9)8-18-13-10(14)3-2-4-11(13)15/h2-4,9,12,16H,5-8H2,1H3. The van der Waals surface area contributed by atoms with Gasteiger partial charge in [0.2, 0.25) is 0 Å². The van der Waals surface area contributed by atoms with Crippen molar-refractivity contribution < 1.29 is 18.3 Å². The number of likely N-dealkylation sites (N-methyl/N-ethyl adjacent to an activating group) is 1. The molecule has 0 amide bonds. The Morgan fingerprint density at radius 1 is 1.44 bits per heavy atom. The van der Waals surface area contributed by atoms with Crippen LogP contribution in [-0.2, 0) is 4.74 Å². The minimum Gasteiger partial charge on any atom is -0.486 e. The van der Waals surface area contributed by atoms with Gasteiger partial charge in [0, 0.05) is 18.6 Å². The Labute approximate surface area is 105 Å². The number of ether oxygens (including phenoxy) is 2. The Morgan fingerprint density at radius 3 is 2.72 bits per heavy atom. The van der Waals surface area contributed by atoms with E-state index in [1.165, 1.54) is 18.2 Å². The molecule has 1 aromatic carbocycles. The topological polar surface area (TPSA) is 30.5 Å². The summed E-state index contributed by atoms with van der Waals surface area (Å²) in [4.78, 5) is 0. The van der Waals surface area contributed by atoms with Gasteiger partial charge in [-0.25, -0.2) is 8.78 Å². The molecule has 0 radical (unpaired) electrons. The molecular formula is C13H17F2NO2. The summed E-state index contributed by atoms with van der Waals surface area (Å²) in [6, 6.07) is 3.72.